The van der Waals surface area contributed by atoms with Gasteiger partial charge in [0.05, 0.1) is 42.8 Å². The standard InChI is InChI=1S/C31H36ClN5O5/c1-18(29(39)35-27(17-38)19-5-4-6-24(13-19)42-3)37-16-21-8-7-20(14-25(21)30(37)40)28-26(32)15-33-31(36-28)34-22-9-11-23(41-2)12-10-22/h4-8,13-15,18,22-23,27,38H,9-12,16-17H2,1-3H3,(H,35,39)(H,33,34,36)/t18-,22-,23-,27-/m1/s1. The number of anilines is 1. The van der Waals surface area contributed by atoms with Crippen LogP contribution in [0.5, 0.6) is 5.75 Å². The number of fused-ring (bicyclic) bond motifs is 1. The van der Waals surface area contributed by atoms with Crippen molar-refractivity contribution < 1.29 is 24.2 Å². The van der Waals surface area contributed by atoms with Gasteiger partial charge in [0.25, 0.3) is 5.91 Å². The van der Waals surface area contributed by atoms with Crippen molar-refractivity contribution in [1.29, 1.82) is 0 Å². The van der Waals surface area contributed by atoms with Gasteiger partial charge in [-0.15, -0.1) is 0 Å². The van der Waals surface area contributed by atoms with Gasteiger partial charge < -0.3 is 30.1 Å². The number of hydrogen-bond acceptors (Lipinski definition) is 8. The van der Waals surface area contributed by atoms with Crippen LogP contribution in [0.15, 0.2) is 48.7 Å². The summed E-state index contributed by atoms with van der Waals surface area (Å²) in [5.74, 6) is 0.487. The number of nitrogens with zero attached hydrogens (tertiary/aromatic N) is 3. The number of amides is 2. The third kappa shape index (κ3) is 6.35. The van der Waals surface area contributed by atoms with Crippen LogP contribution in [0, 0.1) is 0 Å². The third-order valence-electron chi connectivity index (χ3n) is 8.14. The fraction of sp³-hybridized carbons (Fsp3) is 0.419. The smallest absolute Gasteiger partial charge is 0.255 e. The van der Waals surface area contributed by atoms with Gasteiger partial charge in [-0.1, -0.05) is 35.9 Å². The highest BCUT2D eigenvalue weighted by molar-refractivity contribution is 6.33. The molecule has 222 valence electrons. The molecule has 0 saturated heterocycles. The first-order chi connectivity index (χ1) is 20.3. The molecule has 11 heteroatoms. The Hall–Kier alpha value is -3.73. The molecule has 2 aromatic carbocycles. The summed E-state index contributed by atoms with van der Waals surface area (Å²) >= 11 is 6.51. The zero-order valence-corrected chi connectivity index (χ0v) is 24.7. The average molecular weight is 594 g/mol. The predicted octanol–water partition coefficient (Wildman–Crippen LogP) is 4.37. The van der Waals surface area contributed by atoms with E-state index in [9.17, 15) is 14.7 Å². The number of halogens is 1. The van der Waals surface area contributed by atoms with Gasteiger partial charge >= 0.3 is 0 Å². The first kappa shape index (κ1) is 29.8. The molecule has 1 fully saturated rings. The van der Waals surface area contributed by atoms with Crippen LogP contribution in [0.2, 0.25) is 5.02 Å². The molecule has 2 heterocycles. The van der Waals surface area contributed by atoms with E-state index in [4.69, 9.17) is 21.1 Å². The summed E-state index contributed by atoms with van der Waals surface area (Å²) in [4.78, 5) is 37.3. The molecule has 1 aliphatic heterocycles. The van der Waals surface area contributed by atoms with Gasteiger partial charge in [0.15, 0.2) is 0 Å². The van der Waals surface area contributed by atoms with Crippen LogP contribution in [-0.4, -0.2) is 70.8 Å². The van der Waals surface area contributed by atoms with Crippen LogP contribution in [0.4, 0.5) is 5.95 Å². The topological polar surface area (TPSA) is 126 Å². The summed E-state index contributed by atoms with van der Waals surface area (Å²) in [6, 6.07) is 11.5. The molecule has 0 spiro atoms. The summed E-state index contributed by atoms with van der Waals surface area (Å²) < 4.78 is 10.7. The molecule has 2 atom stereocenters. The van der Waals surface area contributed by atoms with Crippen LogP contribution in [-0.2, 0) is 16.1 Å². The Labute approximate surface area is 250 Å². The maximum absolute atomic E-state index is 13.5. The molecule has 2 amide bonds. The number of aliphatic hydroxyl groups excluding tert-OH is 1. The van der Waals surface area contributed by atoms with Gasteiger partial charge in [-0.25, -0.2) is 9.97 Å². The van der Waals surface area contributed by atoms with E-state index in [0.717, 1.165) is 31.2 Å². The quantitative estimate of drug-likeness (QED) is 0.316. The molecule has 2 aliphatic rings. The van der Waals surface area contributed by atoms with Crippen LogP contribution < -0.4 is 15.4 Å². The predicted molar refractivity (Wildman–Crippen MR) is 159 cm³/mol. The third-order valence-corrected chi connectivity index (χ3v) is 8.42. The second-order valence-corrected chi connectivity index (χ2v) is 11.2. The first-order valence-corrected chi connectivity index (χ1v) is 14.5. The second-order valence-electron chi connectivity index (χ2n) is 10.7. The lowest BCUT2D eigenvalue weighted by Crippen LogP contribution is -2.46. The summed E-state index contributed by atoms with van der Waals surface area (Å²) in [6.45, 7) is 1.67. The van der Waals surface area contributed by atoms with Crippen molar-refractivity contribution in [3.8, 4) is 17.0 Å². The van der Waals surface area contributed by atoms with Gasteiger partial charge in [-0.2, -0.15) is 0 Å². The number of carbonyl (C=O) groups is 2. The highest BCUT2D eigenvalue weighted by atomic mass is 35.5. The van der Waals surface area contributed by atoms with Crippen LogP contribution in [0.1, 0.15) is 60.1 Å². The molecule has 0 bridgehead atoms. The number of benzene rings is 2. The zero-order chi connectivity index (χ0) is 29.8. The van der Waals surface area contributed by atoms with Gasteiger partial charge in [0.2, 0.25) is 11.9 Å². The lowest BCUT2D eigenvalue weighted by Gasteiger charge is -2.28. The Kier molecular flexibility index (Phi) is 9.25. The Morgan fingerprint density at radius 1 is 1.17 bits per heavy atom. The van der Waals surface area contributed by atoms with E-state index in [1.165, 1.54) is 4.90 Å². The first-order valence-electron chi connectivity index (χ1n) is 14.1. The van der Waals surface area contributed by atoms with Crippen molar-refractivity contribution in [2.45, 2.75) is 63.4 Å². The maximum Gasteiger partial charge on any atom is 0.255 e. The van der Waals surface area contributed by atoms with Gasteiger partial charge in [0, 0.05) is 30.8 Å². The Morgan fingerprint density at radius 2 is 1.95 bits per heavy atom. The maximum atomic E-state index is 13.5. The summed E-state index contributed by atoms with van der Waals surface area (Å²) in [6.07, 6.45) is 5.76. The minimum absolute atomic E-state index is 0.252. The number of rotatable bonds is 10. The van der Waals surface area contributed by atoms with Gasteiger partial charge in [0.1, 0.15) is 11.8 Å². The number of ether oxygens (including phenoxy) is 2. The summed E-state index contributed by atoms with van der Waals surface area (Å²) in [5.41, 5.74) is 3.24. The van der Waals surface area contributed by atoms with E-state index < -0.39 is 12.1 Å². The molecule has 42 heavy (non-hydrogen) atoms. The number of aliphatic hydroxyl groups is 1. The van der Waals surface area contributed by atoms with Gasteiger partial charge in [-0.3, -0.25) is 9.59 Å². The number of hydrogen-bond donors (Lipinski definition) is 3. The number of aromatic nitrogens is 2. The van der Waals surface area contributed by atoms with E-state index in [0.29, 0.717) is 51.8 Å². The molecule has 10 nitrogen and oxygen atoms in total. The van der Waals surface area contributed by atoms with Crippen molar-refractivity contribution in [2.75, 3.05) is 26.1 Å². The van der Waals surface area contributed by atoms with Crippen molar-refractivity contribution in [3.63, 3.8) is 0 Å². The van der Waals surface area contributed by atoms with E-state index in [2.05, 4.69) is 20.6 Å². The number of carbonyl (C=O) groups excluding carboxylic acids is 2. The molecule has 3 N–H and O–H groups in total. The number of methoxy groups -OCH3 is 2. The fourth-order valence-corrected chi connectivity index (χ4v) is 5.77. The van der Waals surface area contributed by atoms with Crippen LogP contribution >= 0.6 is 11.6 Å². The number of nitrogens with one attached hydrogen (secondary N) is 2. The molecule has 0 unspecified atom stereocenters. The molecular weight excluding hydrogens is 558 g/mol. The Balaban J connectivity index is 1.28. The lowest BCUT2D eigenvalue weighted by atomic mass is 9.93. The molecule has 1 aliphatic carbocycles. The fourth-order valence-electron chi connectivity index (χ4n) is 5.57. The molecule has 0 radical (unpaired) electrons. The van der Waals surface area contributed by atoms with E-state index in [-0.39, 0.29) is 24.5 Å². The van der Waals surface area contributed by atoms with E-state index in [1.807, 2.05) is 12.1 Å². The van der Waals surface area contributed by atoms with Crippen molar-refractivity contribution >= 4 is 29.4 Å². The molecule has 1 aromatic heterocycles. The highest BCUT2D eigenvalue weighted by Gasteiger charge is 2.35. The van der Waals surface area contributed by atoms with Crippen LogP contribution in [0.25, 0.3) is 11.3 Å². The largest absolute Gasteiger partial charge is 0.497 e. The van der Waals surface area contributed by atoms with Crippen molar-refractivity contribution in [1.82, 2.24) is 20.2 Å². The normalized spacial score (nSPS) is 19.6. The highest BCUT2D eigenvalue weighted by Crippen LogP contribution is 2.33. The Morgan fingerprint density at radius 3 is 2.67 bits per heavy atom. The molecule has 1 saturated carbocycles. The Bertz CT molecular complexity index is 1440. The minimum Gasteiger partial charge on any atom is -0.497 e. The molecular formula is C31H36ClN5O5. The second kappa shape index (κ2) is 13.1. The minimum atomic E-state index is -0.764. The van der Waals surface area contributed by atoms with E-state index in [1.54, 1.807) is 57.7 Å². The summed E-state index contributed by atoms with van der Waals surface area (Å²) in [7, 11) is 3.30. The summed E-state index contributed by atoms with van der Waals surface area (Å²) in [5, 5.41) is 16.6. The molecule has 5 rings (SSSR count). The zero-order valence-electron chi connectivity index (χ0n) is 24.0. The molecule has 3 aromatic rings. The lowest BCUT2D eigenvalue weighted by molar-refractivity contribution is -0.126. The SMILES string of the molecule is COc1cccc([C@@H](CO)NC(=O)[C@@H](C)N2Cc3ccc(-c4nc(N[C@H]5CC[C@H](OC)CC5)ncc4Cl)cc3C2=O)c1. The van der Waals surface area contributed by atoms with E-state index >= 15 is 0 Å². The average Bonchev–Trinajstić information content (AvgIpc) is 3.35. The van der Waals surface area contributed by atoms with Crippen molar-refractivity contribution in [2.24, 2.45) is 0 Å². The van der Waals surface area contributed by atoms with Crippen LogP contribution in [0.3, 0.4) is 0 Å². The van der Waals surface area contributed by atoms with Gasteiger partial charge in [-0.05, 0) is 61.9 Å². The van der Waals surface area contributed by atoms with Crippen molar-refractivity contribution in [3.05, 3.63) is 70.4 Å². The monoisotopic (exact) mass is 593 g/mol.